The Kier molecular flexibility index (Phi) is 11.3. The van der Waals surface area contributed by atoms with E-state index in [9.17, 15) is 0 Å². The van der Waals surface area contributed by atoms with Crippen LogP contribution >= 0.6 is 0 Å². The normalized spacial score (nSPS) is 14.5. The summed E-state index contributed by atoms with van der Waals surface area (Å²) >= 11 is 0. The summed E-state index contributed by atoms with van der Waals surface area (Å²) in [5.41, 5.74) is 8.93. The molecule has 1 saturated carbocycles. The fourth-order valence-electron chi connectivity index (χ4n) is 3.41. The van der Waals surface area contributed by atoms with Gasteiger partial charge in [0.15, 0.2) is 0 Å². The van der Waals surface area contributed by atoms with Crippen molar-refractivity contribution in [2.24, 2.45) is 5.92 Å². The summed E-state index contributed by atoms with van der Waals surface area (Å²) in [4.78, 5) is 0. The number of hydrogen-bond acceptors (Lipinski definition) is 0. The Balaban J connectivity index is 0.000000404. The molecule has 1 aromatic rings. The van der Waals surface area contributed by atoms with Gasteiger partial charge in [-0.25, -0.2) is 0 Å². The molecule has 2 rings (SSSR count). The van der Waals surface area contributed by atoms with Gasteiger partial charge in [0.25, 0.3) is 0 Å². The smallest absolute Gasteiger partial charge is 0.0302 e. The lowest BCUT2D eigenvalue weighted by Gasteiger charge is -2.17. The second kappa shape index (κ2) is 11.7. The number of rotatable bonds is 1. The topological polar surface area (TPSA) is 0 Å². The van der Waals surface area contributed by atoms with Gasteiger partial charge >= 0.3 is 0 Å². The zero-order valence-electron chi connectivity index (χ0n) is 17.5. The first-order valence-electron chi connectivity index (χ1n) is 9.87. The van der Waals surface area contributed by atoms with E-state index in [1.165, 1.54) is 66.3 Å². The Hall–Kier alpha value is -0.780. The van der Waals surface area contributed by atoms with Gasteiger partial charge in [-0.05, 0) is 80.3 Å². The fourth-order valence-corrected chi connectivity index (χ4v) is 3.41. The Morgan fingerprint density at radius 3 is 1.26 bits per heavy atom. The minimum absolute atomic E-state index is 1.04. The third kappa shape index (κ3) is 7.10. The summed E-state index contributed by atoms with van der Waals surface area (Å²) in [7, 11) is 0. The highest BCUT2D eigenvalue weighted by Gasteiger charge is 2.09. The second-order valence-corrected chi connectivity index (χ2v) is 7.41. The van der Waals surface area contributed by atoms with Crippen molar-refractivity contribution < 1.29 is 0 Å². The Morgan fingerprint density at radius 2 is 1.00 bits per heavy atom. The molecule has 23 heavy (non-hydrogen) atoms. The van der Waals surface area contributed by atoms with Crippen molar-refractivity contribution in [3.63, 3.8) is 0 Å². The summed E-state index contributed by atoms with van der Waals surface area (Å²) in [6.45, 7) is 20.0. The molecular weight excluding hydrogens is 276 g/mol. The third-order valence-corrected chi connectivity index (χ3v) is 5.40. The maximum atomic E-state index is 2.36. The van der Waals surface area contributed by atoms with E-state index >= 15 is 0 Å². The van der Waals surface area contributed by atoms with Crippen LogP contribution in [0.15, 0.2) is 0 Å². The van der Waals surface area contributed by atoms with Crippen molar-refractivity contribution in [1.29, 1.82) is 0 Å². The van der Waals surface area contributed by atoms with E-state index in [4.69, 9.17) is 0 Å². The van der Waals surface area contributed by atoms with E-state index in [1.54, 1.807) is 5.56 Å². The highest BCUT2D eigenvalue weighted by molar-refractivity contribution is 5.49. The zero-order chi connectivity index (χ0) is 18.0. The van der Waals surface area contributed by atoms with Crippen LogP contribution in [0.2, 0.25) is 0 Å². The van der Waals surface area contributed by atoms with Gasteiger partial charge in [0.2, 0.25) is 0 Å². The van der Waals surface area contributed by atoms with Crippen molar-refractivity contribution in [1.82, 2.24) is 0 Å². The van der Waals surface area contributed by atoms with Crippen LogP contribution < -0.4 is 0 Å². The van der Waals surface area contributed by atoms with Crippen LogP contribution in [0.3, 0.4) is 0 Å². The summed E-state index contributed by atoms with van der Waals surface area (Å²) in [5.74, 6) is 1.04. The lowest BCUT2D eigenvalue weighted by molar-refractivity contribution is 0.385. The average Bonchev–Trinajstić information content (AvgIpc) is 2.54. The molecule has 0 unspecified atom stereocenters. The van der Waals surface area contributed by atoms with Crippen LogP contribution in [0.25, 0.3) is 0 Å². The van der Waals surface area contributed by atoms with E-state index in [-0.39, 0.29) is 0 Å². The van der Waals surface area contributed by atoms with Crippen LogP contribution in [-0.2, 0) is 6.42 Å². The maximum absolute atomic E-state index is 2.36. The third-order valence-electron chi connectivity index (χ3n) is 5.40. The van der Waals surface area contributed by atoms with Gasteiger partial charge in [-0.1, -0.05) is 66.2 Å². The number of benzene rings is 1. The van der Waals surface area contributed by atoms with Gasteiger partial charge < -0.3 is 0 Å². The highest BCUT2D eigenvalue weighted by Crippen LogP contribution is 2.26. The van der Waals surface area contributed by atoms with Gasteiger partial charge in [0.05, 0.1) is 0 Å². The van der Waals surface area contributed by atoms with E-state index in [0.717, 1.165) is 12.3 Å². The molecule has 1 aliphatic carbocycles. The molecule has 0 nitrogen and oxygen atoms in total. The molecular formula is C23H42. The second-order valence-electron chi connectivity index (χ2n) is 7.41. The van der Waals surface area contributed by atoms with Crippen molar-refractivity contribution in [3.8, 4) is 0 Å². The first-order valence-corrected chi connectivity index (χ1v) is 9.87. The summed E-state index contributed by atoms with van der Waals surface area (Å²) in [5, 5.41) is 0. The molecule has 1 fully saturated rings. The van der Waals surface area contributed by atoms with Gasteiger partial charge in [-0.15, -0.1) is 0 Å². The van der Waals surface area contributed by atoms with Crippen molar-refractivity contribution >= 4 is 0 Å². The van der Waals surface area contributed by atoms with Crippen LogP contribution in [-0.4, -0.2) is 0 Å². The van der Waals surface area contributed by atoms with Crippen LogP contribution in [0.5, 0.6) is 0 Å². The standard InChI is InChI=1S/C13H20.C7H14.C3H8/c1-7-13-11(5)9(3)8(2)10(4)12(13)6;1-7-5-3-2-4-6-7;1-3-2/h7H2,1-6H3;7H,2-6H2,1H3;3H2,1-2H3. The molecule has 0 radical (unpaired) electrons. The van der Waals surface area contributed by atoms with Crippen molar-refractivity contribution in [3.05, 3.63) is 33.4 Å². The summed E-state index contributed by atoms with van der Waals surface area (Å²) in [6, 6.07) is 0. The van der Waals surface area contributed by atoms with Crippen LogP contribution in [0, 0.1) is 40.5 Å². The van der Waals surface area contributed by atoms with Crippen LogP contribution in [0.1, 0.15) is 99.6 Å². The molecule has 0 aliphatic heterocycles. The Morgan fingerprint density at radius 1 is 0.652 bits per heavy atom. The van der Waals surface area contributed by atoms with E-state index in [1.807, 2.05) is 0 Å². The SMILES string of the molecule is CC1CCCCC1.CCC.CCc1c(C)c(C)c(C)c(C)c1C. The highest BCUT2D eigenvalue weighted by atomic mass is 14.1. The average molecular weight is 319 g/mol. The molecule has 0 aromatic heterocycles. The molecule has 0 bridgehead atoms. The van der Waals surface area contributed by atoms with E-state index in [2.05, 4.69) is 62.3 Å². The molecule has 0 amide bonds. The fraction of sp³-hybridized carbons (Fsp3) is 0.739. The Labute approximate surface area is 147 Å². The predicted octanol–water partition coefficient (Wildman–Crippen LogP) is 7.79. The molecule has 0 atom stereocenters. The molecule has 0 heterocycles. The molecule has 1 aromatic carbocycles. The summed E-state index contributed by atoms with van der Waals surface area (Å²) < 4.78 is 0. The maximum Gasteiger partial charge on any atom is -0.0302 e. The largest absolute Gasteiger partial charge is 0.0656 e. The zero-order valence-corrected chi connectivity index (χ0v) is 17.5. The first kappa shape index (κ1) is 22.2. The molecule has 1 aliphatic rings. The van der Waals surface area contributed by atoms with Gasteiger partial charge in [0.1, 0.15) is 0 Å². The molecule has 0 spiro atoms. The minimum atomic E-state index is 1.04. The lowest BCUT2D eigenvalue weighted by Crippen LogP contribution is -2.01. The Bertz CT molecular complexity index is 419. The molecule has 0 heteroatoms. The summed E-state index contributed by atoms with van der Waals surface area (Å²) in [6.07, 6.45) is 9.84. The predicted molar refractivity (Wildman–Crippen MR) is 108 cm³/mol. The van der Waals surface area contributed by atoms with Gasteiger partial charge in [-0.3, -0.25) is 0 Å². The van der Waals surface area contributed by atoms with Gasteiger partial charge in [-0.2, -0.15) is 0 Å². The number of hydrogen-bond donors (Lipinski definition) is 0. The van der Waals surface area contributed by atoms with Crippen LogP contribution in [0.4, 0.5) is 0 Å². The van der Waals surface area contributed by atoms with E-state index < -0.39 is 0 Å². The van der Waals surface area contributed by atoms with Gasteiger partial charge in [0, 0.05) is 0 Å². The van der Waals surface area contributed by atoms with Crippen molar-refractivity contribution in [2.45, 2.75) is 107 Å². The monoisotopic (exact) mass is 318 g/mol. The molecule has 0 saturated heterocycles. The minimum Gasteiger partial charge on any atom is -0.0656 e. The van der Waals surface area contributed by atoms with Crippen molar-refractivity contribution in [2.75, 3.05) is 0 Å². The molecule has 134 valence electrons. The first-order chi connectivity index (χ1) is 10.8. The molecule has 0 N–H and O–H groups in total. The quantitative estimate of drug-likeness (QED) is 0.495. The lowest BCUT2D eigenvalue weighted by atomic mass is 9.89. The van der Waals surface area contributed by atoms with E-state index in [0.29, 0.717) is 0 Å².